The van der Waals surface area contributed by atoms with E-state index in [4.69, 9.17) is 9.47 Å². The average Bonchev–Trinajstić information content (AvgIpc) is 2.99. The summed E-state index contributed by atoms with van der Waals surface area (Å²) >= 11 is 0. The molecule has 1 heterocycles. The summed E-state index contributed by atoms with van der Waals surface area (Å²) in [5.41, 5.74) is 3.43. The number of methoxy groups -OCH3 is 1. The predicted octanol–water partition coefficient (Wildman–Crippen LogP) is 4.02. The molecule has 0 aliphatic heterocycles. The summed E-state index contributed by atoms with van der Waals surface area (Å²) in [5.74, 6) is 0.460. The van der Waals surface area contributed by atoms with Gasteiger partial charge in [-0.3, -0.25) is 0 Å². The zero-order valence-corrected chi connectivity index (χ0v) is 12.6. The number of para-hydroxylation sites is 1. The molecule has 1 N–H and O–H groups in total. The maximum Gasteiger partial charge on any atom is 0.354 e. The van der Waals surface area contributed by atoms with Gasteiger partial charge in [-0.2, -0.15) is 0 Å². The SMILES string of the molecule is CCOC(=O)c1cc2cccc(-c3cccc(OC)c3)c2[nH]1. The Morgan fingerprint density at radius 3 is 2.73 bits per heavy atom. The van der Waals surface area contributed by atoms with Gasteiger partial charge in [-0.15, -0.1) is 0 Å². The molecular formula is C18H17NO3. The van der Waals surface area contributed by atoms with Gasteiger partial charge in [0, 0.05) is 10.9 Å². The third kappa shape index (κ3) is 2.55. The number of fused-ring (bicyclic) bond motifs is 1. The Morgan fingerprint density at radius 2 is 1.95 bits per heavy atom. The highest BCUT2D eigenvalue weighted by molar-refractivity contribution is 6.00. The van der Waals surface area contributed by atoms with Crippen LogP contribution in [0.25, 0.3) is 22.0 Å². The van der Waals surface area contributed by atoms with Crippen LogP contribution in [-0.2, 0) is 4.74 Å². The highest BCUT2D eigenvalue weighted by atomic mass is 16.5. The van der Waals surface area contributed by atoms with Gasteiger partial charge in [-0.25, -0.2) is 4.79 Å². The van der Waals surface area contributed by atoms with Crippen molar-refractivity contribution < 1.29 is 14.3 Å². The molecule has 4 nitrogen and oxygen atoms in total. The van der Waals surface area contributed by atoms with Crippen LogP contribution in [0.2, 0.25) is 0 Å². The second-order valence-electron chi connectivity index (χ2n) is 4.91. The molecule has 2 aromatic carbocycles. The molecule has 112 valence electrons. The first-order valence-electron chi connectivity index (χ1n) is 7.16. The monoisotopic (exact) mass is 295 g/mol. The molecule has 1 aromatic heterocycles. The minimum Gasteiger partial charge on any atom is -0.497 e. The van der Waals surface area contributed by atoms with E-state index in [9.17, 15) is 4.79 Å². The Hall–Kier alpha value is -2.75. The molecule has 0 bridgehead atoms. The lowest BCUT2D eigenvalue weighted by atomic mass is 10.0. The van der Waals surface area contributed by atoms with Crippen LogP contribution in [0.3, 0.4) is 0 Å². The lowest BCUT2D eigenvalue weighted by molar-refractivity contribution is 0.0520. The number of ether oxygens (including phenoxy) is 2. The molecule has 0 saturated heterocycles. The molecule has 22 heavy (non-hydrogen) atoms. The molecule has 0 fully saturated rings. The van der Waals surface area contributed by atoms with Crippen LogP contribution in [0.5, 0.6) is 5.75 Å². The standard InChI is InChI=1S/C18H17NO3/c1-3-22-18(20)16-11-13-7-5-9-15(17(13)19-16)12-6-4-8-14(10-12)21-2/h4-11,19H,3H2,1-2H3. The summed E-state index contributed by atoms with van der Waals surface area (Å²) in [6.45, 7) is 2.15. The van der Waals surface area contributed by atoms with Crippen molar-refractivity contribution in [2.45, 2.75) is 6.92 Å². The largest absolute Gasteiger partial charge is 0.497 e. The first-order valence-corrected chi connectivity index (χ1v) is 7.16. The second-order valence-corrected chi connectivity index (χ2v) is 4.91. The molecule has 0 atom stereocenters. The van der Waals surface area contributed by atoms with E-state index in [1.165, 1.54) is 0 Å². The van der Waals surface area contributed by atoms with E-state index in [2.05, 4.69) is 4.98 Å². The molecule has 3 rings (SSSR count). The maximum absolute atomic E-state index is 11.9. The number of hydrogen-bond donors (Lipinski definition) is 1. The Bertz CT molecular complexity index is 820. The fourth-order valence-corrected chi connectivity index (χ4v) is 2.51. The molecule has 0 radical (unpaired) electrons. The zero-order valence-electron chi connectivity index (χ0n) is 12.6. The van der Waals surface area contributed by atoms with Crippen LogP contribution >= 0.6 is 0 Å². The molecule has 4 heteroatoms. The van der Waals surface area contributed by atoms with Crippen molar-refractivity contribution >= 4 is 16.9 Å². The summed E-state index contributed by atoms with van der Waals surface area (Å²) in [5, 5.41) is 0.975. The smallest absolute Gasteiger partial charge is 0.354 e. The van der Waals surface area contributed by atoms with E-state index in [0.717, 1.165) is 27.8 Å². The van der Waals surface area contributed by atoms with E-state index >= 15 is 0 Å². The van der Waals surface area contributed by atoms with Crippen molar-refractivity contribution in [2.75, 3.05) is 13.7 Å². The second kappa shape index (κ2) is 5.93. The van der Waals surface area contributed by atoms with Gasteiger partial charge in [0.1, 0.15) is 11.4 Å². The molecular weight excluding hydrogens is 278 g/mol. The fraction of sp³-hybridized carbons (Fsp3) is 0.167. The van der Waals surface area contributed by atoms with Crippen LogP contribution in [0.4, 0.5) is 0 Å². The van der Waals surface area contributed by atoms with Crippen LogP contribution in [0, 0.1) is 0 Å². The predicted molar refractivity (Wildman–Crippen MR) is 86.2 cm³/mol. The van der Waals surface area contributed by atoms with Crippen molar-refractivity contribution in [3.63, 3.8) is 0 Å². The highest BCUT2D eigenvalue weighted by Gasteiger charge is 2.13. The number of nitrogens with one attached hydrogen (secondary N) is 1. The van der Waals surface area contributed by atoms with E-state index in [-0.39, 0.29) is 5.97 Å². The van der Waals surface area contributed by atoms with E-state index < -0.39 is 0 Å². The first kappa shape index (κ1) is 14.2. The van der Waals surface area contributed by atoms with Crippen LogP contribution in [-0.4, -0.2) is 24.7 Å². The van der Waals surface area contributed by atoms with E-state index in [1.807, 2.05) is 48.5 Å². The van der Waals surface area contributed by atoms with Gasteiger partial charge in [-0.05, 0) is 30.7 Å². The summed E-state index contributed by atoms with van der Waals surface area (Å²) in [4.78, 5) is 15.1. The van der Waals surface area contributed by atoms with Gasteiger partial charge < -0.3 is 14.5 Å². The fourth-order valence-electron chi connectivity index (χ4n) is 2.51. The molecule has 0 amide bonds. The average molecular weight is 295 g/mol. The Morgan fingerprint density at radius 1 is 1.14 bits per heavy atom. The minimum absolute atomic E-state index is 0.338. The van der Waals surface area contributed by atoms with Crippen molar-refractivity contribution in [3.05, 3.63) is 54.2 Å². The number of carbonyl (C=O) groups is 1. The molecule has 0 aliphatic rings. The maximum atomic E-state index is 11.9. The van der Waals surface area contributed by atoms with Crippen LogP contribution < -0.4 is 4.74 Å². The number of aromatic amines is 1. The molecule has 0 spiro atoms. The lowest BCUT2D eigenvalue weighted by Crippen LogP contribution is -2.04. The molecule has 0 aliphatic carbocycles. The van der Waals surface area contributed by atoms with Crippen molar-refractivity contribution in [1.82, 2.24) is 4.98 Å². The van der Waals surface area contributed by atoms with Gasteiger partial charge >= 0.3 is 5.97 Å². The Labute approximate surface area is 128 Å². The quantitative estimate of drug-likeness (QED) is 0.740. The number of esters is 1. The molecule has 3 aromatic rings. The van der Waals surface area contributed by atoms with Crippen molar-refractivity contribution in [1.29, 1.82) is 0 Å². The van der Waals surface area contributed by atoms with Gasteiger partial charge in [0.05, 0.1) is 19.2 Å². The highest BCUT2D eigenvalue weighted by Crippen LogP contribution is 2.30. The summed E-state index contributed by atoms with van der Waals surface area (Å²) in [7, 11) is 1.65. The molecule has 0 unspecified atom stereocenters. The molecule has 0 saturated carbocycles. The topological polar surface area (TPSA) is 51.3 Å². The zero-order chi connectivity index (χ0) is 15.5. The van der Waals surface area contributed by atoms with Gasteiger partial charge in [-0.1, -0.05) is 30.3 Å². The third-order valence-corrected chi connectivity index (χ3v) is 3.53. The van der Waals surface area contributed by atoms with Gasteiger partial charge in [0.2, 0.25) is 0 Å². The number of hydrogen-bond acceptors (Lipinski definition) is 3. The van der Waals surface area contributed by atoms with Crippen LogP contribution in [0.1, 0.15) is 17.4 Å². The Kier molecular flexibility index (Phi) is 3.83. The van der Waals surface area contributed by atoms with Gasteiger partial charge in [0.25, 0.3) is 0 Å². The first-order chi connectivity index (χ1) is 10.7. The minimum atomic E-state index is -0.338. The number of benzene rings is 2. The van der Waals surface area contributed by atoms with Crippen molar-refractivity contribution in [2.24, 2.45) is 0 Å². The Balaban J connectivity index is 2.11. The summed E-state index contributed by atoms with van der Waals surface area (Å²) < 4.78 is 10.3. The normalized spacial score (nSPS) is 10.6. The van der Waals surface area contributed by atoms with Gasteiger partial charge in [0.15, 0.2) is 0 Å². The number of rotatable bonds is 4. The lowest BCUT2D eigenvalue weighted by Gasteiger charge is -2.06. The summed E-state index contributed by atoms with van der Waals surface area (Å²) in [6.07, 6.45) is 0. The van der Waals surface area contributed by atoms with E-state index in [0.29, 0.717) is 12.3 Å². The number of carbonyl (C=O) groups excluding carboxylic acids is 1. The summed E-state index contributed by atoms with van der Waals surface area (Å²) in [6, 6.07) is 15.6. The third-order valence-electron chi connectivity index (χ3n) is 3.53. The van der Waals surface area contributed by atoms with Crippen LogP contribution in [0.15, 0.2) is 48.5 Å². The number of H-pyrrole nitrogens is 1. The van der Waals surface area contributed by atoms with Crippen molar-refractivity contribution in [3.8, 4) is 16.9 Å². The number of aromatic nitrogens is 1. The van der Waals surface area contributed by atoms with E-state index in [1.54, 1.807) is 14.0 Å².